The molecule has 1 aliphatic rings. The Labute approximate surface area is 164 Å². The van der Waals surface area contributed by atoms with Crippen LogP contribution in [0.25, 0.3) is 0 Å². The van der Waals surface area contributed by atoms with E-state index in [0.29, 0.717) is 6.17 Å². The molecule has 3 heteroatoms. The van der Waals surface area contributed by atoms with E-state index in [1.54, 1.807) is 4.90 Å². The van der Waals surface area contributed by atoms with Crippen molar-refractivity contribution in [1.82, 2.24) is 4.90 Å². The molecule has 0 bridgehead atoms. The smallest absolute Gasteiger partial charge is 0.145 e. The molecule has 0 aliphatic carbocycles. The van der Waals surface area contributed by atoms with Crippen molar-refractivity contribution in [1.29, 1.82) is 0 Å². The molecule has 0 aromatic heterocycles. The number of unbranched alkanes of at least 4 members (excludes halogenated alkanes) is 13. The summed E-state index contributed by atoms with van der Waals surface area (Å²) in [4.78, 5) is 4.18. The summed E-state index contributed by atoms with van der Waals surface area (Å²) in [6.45, 7) is 12.4. The van der Waals surface area contributed by atoms with E-state index in [2.05, 4.69) is 31.5 Å². The SMILES string of the molecule is C=C[NH+]1CCN(CCCCCCCCCCCCCCCC)C1C.[Cl-]. The maximum Gasteiger partial charge on any atom is 0.145 e. The monoisotopic (exact) mass is 372 g/mol. The summed E-state index contributed by atoms with van der Waals surface area (Å²) in [6, 6.07) is 0. The Bertz CT molecular complexity index is 296. The lowest BCUT2D eigenvalue weighted by Gasteiger charge is -2.20. The van der Waals surface area contributed by atoms with Gasteiger partial charge in [0, 0.05) is 13.5 Å². The molecule has 0 aromatic rings. The van der Waals surface area contributed by atoms with E-state index < -0.39 is 0 Å². The first-order valence-corrected chi connectivity index (χ1v) is 11.0. The second-order valence-electron chi connectivity index (χ2n) is 7.84. The molecule has 0 radical (unpaired) electrons. The maximum atomic E-state index is 3.94. The largest absolute Gasteiger partial charge is 1.00 e. The zero-order valence-electron chi connectivity index (χ0n) is 17.2. The van der Waals surface area contributed by atoms with E-state index in [1.807, 2.05) is 0 Å². The van der Waals surface area contributed by atoms with Gasteiger partial charge in [-0.3, -0.25) is 4.90 Å². The fraction of sp³-hybridized carbons (Fsp3) is 0.909. The fourth-order valence-electron chi connectivity index (χ4n) is 4.00. The topological polar surface area (TPSA) is 7.68 Å². The molecule has 2 unspecified atom stereocenters. The van der Waals surface area contributed by atoms with Gasteiger partial charge < -0.3 is 12.4 Å². The first-order chi connectivity index (χ1) is 11.8. The van der Waals surface area contributed by atoms with E-state index >= 15 is 0 Å². The number of nitrogens with zero attached hydrogens (tertiary/aromatic N) is 1. The number of hydrogen-bond donors (Lipinski definition) is 1. The van der Waals surface area contributed by atoms with E-state index in [4.69, 9.17) is 0 Å². The van der Waals surface area contributed by atoms with Crippen LogP contribution in [-0.2, 0) is 0 Å². The molecule has 1 heterocycles. The van der Waals surface area contributed by atoms with Crippen LogP contribution in [-0.4, -0.2) is 30.7 Å². The van der Waals surface area contributed by atoms with Gasteiger partial charge in [0.05, 0.1) is 19.3 Å². The third-order valence-electron chi connectivity index (χ3n) is 5.83. The molecule has 150 valence electrons. The van der Waals surface area contributed by atoms with Crippen LogP contribution in [0.5, 0.6) is 0 Å². The van der Waals surface area contributed by atoms with E-state index in [-0.39, 0.29) is 12.4 Å². The molecule has 2 atom stereocenters. The van der Waals surface area contributed by atoms with Crippen LogP contribution in [0.15, 0.2) is 12.8 Å². The minimum Gasteiger partial charge on any atom is -1.00 e. The van der Waals surface area contributed by atoms with E-state index in [9.17, 15) is 0 Å². The van der Waals surface area contributed by atoms with Crippen LogP contribution in [0, 0.1) is 0 Å². The number of hydrogen-bond acceptors (Lipinski definition) is 1. The van der Waals surface area contributed by atoms with Gasteiger partial charge >= 0.3 is 0 Å². The molecule has 1 fully saturated rings. The van der Waals surface area contributed by atoms with Crippen molar-refractivity contribution in [3.05, 3.63) is 12.8 Å². The number of halogens is 1. The Balaban J connectivity index is 0.00000576. The van der Waals surface area contributed by atoms with Crippen molar-refractivity contribution in [3.63, 3.8) is 0 Å². The van der Waals surface area contributed by atoms with Crippen molar-refractivity contribution >= 4 is 0 Å². The van der Waals surface area contributed by atoms with Crippen molar-refractivity contribution < 1.29 is 17.3 Å². The standard InChI is InChI=1S/C22H44N2.ClH/c1-4-6-7-8-9-10-11-12-13-14-15-16-17-18-19-24-21-20-23(5-2)22(24)3;/h5,22H,2,4,6-21H2,1,3H3;1H. The summed E-state index contributed by atoms with van der Waals surface area (Å²) in [5, 5.41) is 0. The highest BCUT2D eigenvalue weighted by Gasteiger charge is 2.29. The molecule has 0 spiro atoms. The lowest BCUT2D eigenvalue weighted by molar-refractivity contribution is -0.864. The van der Waals surface area contributed by atoms with Crippen molar-refractivity contribution in [2.24, 2.45) is 0 Å². The van der Waals surface area contributed by atoms with Gasteiger partial charge in [0.15, 0.2) is 0 Å². The molecule has 0 saturated carbocycles. The quantitative estimate of drug-likeness (QED) is 0.408. The Hall–Kier alpha value is -0.0500. The van der Waals surface area contributed by atoms with Crippen LogP contribution in [0.4, 0.5) is 0 Å². The van der Waals surface area contributed by atoms with Gasteiger partial charge in [-0.05, 0) is 13.0 Å². The molecule has 25 heavy (non-hydrogen) atoms. The van der Waals surface area contributed by atoms with Crippen LogP contribution < -0.4 is 17.3 Å². The highest BCUT2D eigenvalue weighted by molar-refractivity contribution is 4.67. The Kier molecular flexibility index (Phi) is 17.3. The van der Waals surface area contributed by atoms with Crippen LogP contribution in [0.2, 0.25) is 0 Å². The lowest BCUT2D eigenvalue weighted by atomic mass is 10.0. The summed E-state index contributed by atoms with van der Waals surface area (Å²) in [6.07, 6.45) is 23.0. The summed E-state index contributed by atoms with van der Waals surface area (Å²) >= 11 is 0. The molecule has 2 nitrogen and oxygen atoms in total. The number of rotatable bonds is 16. The molecule has 1 N–H and O–H groups in total. The van der Waals surface area contributed by atoms with Gasteiger partial charge in [-0.15, -0.1) is 0 Å². The first-order valence-electron chi connectivity index (χ1n) is 11.0. The summed E-state index contributed by atoms with van der Waals surface area (Å²) in [5.41, 5.74) is 0. The number of nitrogens with one attached hydrogen (secondary N) is 1. The number of quaternary nitrogens is 1. The predicted molar refractivity (Wildman–Crippen MR) is 107 cm³/mol. The lowest BCUT2D eigenvalue weighted by Crippen LogP contribution is -3.09. The molecular formula is C22H45ClN2. The average Bonchev–Trinajstić information content (AvgIpc) is 2.95. The molecule has 1 rings (SSSR count). The third-order valence-corrected chi connectivity index (χ3v) is 5.83. The molecular weight excluding hydrogens is 328 g/mol. The van der Waals surface area contributed by atoms with Gasteiger partial charge in [-0.2, -0.15) is 0 Å². The van der Waals surface area contributed by atoms with Crippen molar-refractivity contribution in [2.45, 2.75) is 110 Å². The summed E-state index contributed by atoms with van der Waals surface area (Å²) in [5.74, 6) is 0. The Morgan fingerprint density at radius 2 is 1.28 bits per heavy atom. The van der Waals surface area contributed by atoms with E-state index in [0.717, 1.165) is 0 Å². The summed E-state index contributed by atoms with van der Waals surface area (Å²) < 4.78 is 0. The van der Waals surface area contributed by atoms with Gasteiger partial charge in [-0.1, -0.05) is 90.4 Å². The highest BCUT2D eigenvalue weighted by atomic mass is 35.5. The van der Waals surface area contributed by atoms with Gasteiger partial charge in [0.2, 0.25) is 0 Å². The van der Waals surface area contributed by atoms with Gasteiger partial charge in [0.1, 0.15) is 6.17 Å². The van der Waals surface area contributed by atoms with Crippen molar-refractivity contribution in [2.75, 3.05) is 19.6 Å². The predicted octanol–water partition coefficient (Wildman–Crippen LogP) is 2.16. The first kappa shape index (κ1) is 24.9. The second kappa shape index (κ2) is 17.4. The molecule has 0 amide bonds. The van der Waals surface area contributed by atoms with Gasteiger partial charge in [-0.25, -0.2) is 4.90 Å². The minimum absolute atomic E-state index is 0. The molecule has 1 saturated heterocycles. The Morgan fingerprint density at radius 1 is 0.840 bits per heavy atom. The summed E-state index contributed by atoms with van der Waals surface area (Å²) in [7, 11) is 0. The van der Waals surface area contributed by atoms with Crippen LogP contribution >= 0.6 is 0 Å². The average molecular weight is 373 g/mol. The van der Waals surface area contributed by atoms with Gasteiger partial charge in [0.25, 0.3) is 0 Å². The van der Waals surface area contributed by atoms with Crippen molar-refractivity contribution in [3.8, 4) is 0 Å². The fourth-order valence-corrected chi connectivity index (χ4v) is 4.00. The Morgan fingerprint density at radius 3 is 1.68 bits per heavy atom. The highest BCUT2D eigenvalue weighted by Crippen LogP contribution is 2.13. The zero-order chi connectivity index (χ0) is 17.5. The van der Waals surface area contributed by atoms with E-state index in [1.165, 1.54) is 110 Å². The molecule has 1 aliphatic heterocycles. The van der Waals surface area contributed by atoms with Crippen LogP contribution in [0.1, 0.15) is 104 Å². The normalized spacial score (nSPS) is 20.6. The molecule has 0 aromatic carbocycles. The third kappa shape index (κ3) is 12.0. The minimum atomic E-state index is 0. The zero-order valence-corrected chi connectivity index (χ0v) is 18.0. The maximum absolute atomic E-state index is 3.94. The second-order valence-corrected chi connectivity index (χ2v) is 7.84. The van der Waals surface area contributed by atoms with Crippen LogP contribution in [0.3, 0.4) is 0 Å².